The molecule has 0 radical (unpaired) electrons. The number of nitrogens with zero attached hydrogens (tertiary/aromatic N) is 2. The molecule has 1 aliphatic heterocycles. The second-order valence-corrected chi connectivity index (χ2v) is 7.83. The lowest BCUT2D eigenvalue weighted by Crippen LogP contribution is -2.45. The highest BCUT2D eigenvalue weighted by molar-refractivity contribution is 5.98. The van der Waals surface area contributed by atoms with Crippen molar-refractivity contribution >= 4 is 16.8 Å². The van der Waals surface area contributed by atoms with E-state index >= 15 is 0 Å². The topological polar surface area (TPSA) is 63.9 Å². The Balaban J connectivity index is 1.44. The normalized spacial score (nSPS) is 16.0. The summed E-state index contributed by atoms with van der Waals surface area (Å²) in [5.41, 5.74) is 1.73. The third-order valence-corrected chi connectivity index (χ3v) is 6.06. The first-order valence-electron chi connectivity index (χ1n) is 10.3. The third-order valence-electron chi connectivity index (χ3n) is 6.06. The molecule has 1 saturated heterocycles. The van der Waals surface area contributed by atoms with Crippen LogP contribution in [0, 0.1) is 0 Å². The highest BCUT2D eigenvalue weighted by atomic mass is 16.5. The fourth-order valence-electron chi connectivity index (χ4n) is 4.17. The lowest BCUT2D eigenvalue weighted by atomic mass is 9.84. The molecule has 1 amide bonds. The van der Waals surface area contributed by atoms with Gasteiger partial charge in [-0.25, -0.2) is 0 Å². The van der Waals surface area contributed by atoms with Crippen molar-refractivity contribution in [3.05, 3.63) is 65.9 Å². The molecule has 0 aliphatic carbocycles. The number of hydrogen-bond acceptors (Lipinski definition) is 4. The van der Waals surface area contributed by atoms with Gasteiger partial charge in [0, 0.05) is 49.4 Å². The fraction of sp³-hybridized carbons (Fsp3) is 0.375. The lowest BCUT2D eigenvalue weighted by molar-refractivity contribution is -0.0211. The molecule has 6 heteroatoms. The minimum absolute atomic E-state index is 0.0123. The number of hydrogen-bond donors (Lipinski definition) is 1. The van der Waals surface area contributed by atoms with Crippen molar-refractivity contribution in [2.24, 2.45) is 0 Å². The molecule has 2 heterocycles. The summed E-state index contributed by atoms with van der Waals surface area (Å²) in [4.78, 5) is 14.9. The Morgan fingerprint density at radius 2 is 1.80 bits per heavy atom. The van der Waals surface area contributed by atoms with Crippen LogP contribution < -0.4 is 4.74 Å². The molecule has 1 fully saturated rings. The van der Waals surface area contributed by atoms with Gasteiger partial charge in [-0.3, -0.25) is 4.79 Å². The number of fused-ring (bicyclic) bond motifs is 1. The minimum Gasteiger partial charge on any atom is -0.497 e. The molecule has 4 rings (SSSR count). The Hall–Kier alpha value is -2.83. The SMILES string of the molecule is COCCn1ccc2cc(C(=O)N3CCC(O)(c4ccc(OC)cc4)CC3)ccc21. The summed E-state index contributed by atoms with van der Waals surface area (Å²) >= 11 is 0. The Morgan fingerprint density at radius 1 is 1.07 bits per heavy atom. The molecule has 30 heavy (non-hydrogen) atoms. The van der Waals surface area contributed by atoms with Crippen molar-refractivity contribution in [2.75, 3.05) is 33.9 Å². The van der Waals surface area contributed by atoms with Crippen molar-refractivity contribution < 1.29 is 19.4 Å². The predicted octanol–water partition coefficient (Wildman–Crippen LogP) is 3.42. The molecule has 1 aliphatic rings. The van der Waals surface area contributed by atoms with Crippen LogP contribution in [0.25, 0.3) is 10.9 Å². The van der Waals surface area contributed by atoms with E-state index in [0.717, 1.165) is 28.8 Å². The second-order valence-electron chi connectivity index (χ2n) is 7.83. The summed E-state index contributed by atoms with van der Waals surface area (Å²) in [6.45, 7) is 2.47. The molecule has 6 nitrogen and oxygen atoms in total. The Morgan fingerprint density at radius 3 is 2.47 bits per heavy atom. The van der Waals surface area contributed by atoms with Gasteiger partial charge in [-0.1, -0.05) is 12.1 Å². The van der Waals surface area contributed by atoms with Crippen LogP contribution >= 0.6 is 0 Å². The van der Waals surface area contributed by atoms with E-state index in [2.05, 4.69) is 4.57 Å². The van der Waals surface area contributed by atoms with Crippen molar-refractivity contribution in [3.63, 3.8) is 0 Å². The number of carbonyl (C=O) groups excluding carboxylic acids is 1. The predicted molar refractivity (Wildman–Crippen MR) is 116 cm³/mol. The van der Waals surface area contributed by atoms with Crippen LogP contribution in [0.15, 0.2) is 54.7 Å². The number of ether oxygens (including phenoxy) is 2. The maximum atomic E-state index is 13.1. The van der Waals surface area contributed by atoms with Gasteiger partial charge < -0.3 is 24.0 Å². The number of methoxy groups -OCH3 is 2. The summed E-state index contributed by atoms with van der Waals surface area (Å²) in [6.07, 6.45) is 3.05. The molecule has 0 bridgehead atoms. The number of aliphatic hydroxyl groups is 1. The highest BCUT2D eigenvalue weighted by Gasteiger charge is 2.35. The Bertz CT molecular complexity index is 1020. The quantitative estimate of drug-likeness (QED) is 0.679. The number of aromatic nitrogens is 1. The number of benzene rings is 2. The van der Waals surface area contributed by atoms with Gasteiger partial charge in [0.2, 0.25) is 0 Å². The Labute approximate surface area is 176 Å². The van der Waals surface area contributed by atoms with Crippen molar-refractivity contribution in [1.29, 1.82) is 0 Å². The van der Waals surface area contributed by atoms with Crippen molar-refractivity contribution in [2.45, 2.75) is 25.0 Å². The zero-order valence-electron chi connectivity index (χ0n) is 17.5. The second kappa shape index (κ2) is 8.50. The lowest BCUT2D eigenvalue weighted by Gasteiger charge is -2.38. The summed E-state index contributed by atoms with van der Waals surface area (Å²) in [7, 11) is 3.32. The van der Waals surface area contributed by atoms with E-state index in [9.17, 15) is 9.90 Å². The van der Waals surface area contributed by atoms with E-state index in [1.807, 2.05) is 59.6 Å². The molecular weight excluding hydrogens is 380 g/mol. The van der Waals surface area contributed by atoms with Gasteiger partial charge in [0.25, 0.3) is 5.91 Å². The number of rotatable bonds is 6. The number of likely N-dealkylation sites (tertiary alicyclic amines) is 1. The summed E-state index contributed by atoms with van der Waals surface area (Å²) < 4.78 is 12.5. The fourth-order valence-corrected chi connectivity index (χ4v) is 4.17. The third kappa shape index (κ3) is 3.93. The van der Waals surface area contributed by atoms with E-state index < -0.39 is 5.60 Å². The van der Waals surface area contributed by atoms with Gasteiger partial charge in [-0.15, -0.1) is 0 Å². The molecule has 1 N–H and O–H groups in total. The van der Waals surface area contributed by atoms with Gasteiger partial charge in [0.15, 0.2) is 0 Å². The van der Waals surface area contributed by atoms with Gasteiger partial charge in [0.1, 0.15) is 5.75 Å². The van der Waals surface area contributed by atoms with Crippen molar-refractivity contribution in [3.8, 4) is 5.75 Å². The first-order valence-corrected chi connectivity index (χ1v) is 10.3. The van der Waals surface area contributed by atoms with Crippen molar-refractivity contribution in [1.82, 2.24) is 9.47 Å². The van der Waals surface area contributed by atoms with Gasteiger partial charge in [-0.05, 0) is 54.8 Å². The van der Waals surface area contributed by atoms with Crippen LogP contribution in [0.5, 0.6) is 5.75 Å². The minimum atomic E-state index is -0.911. The van der Waals surface area contributed by atoms with E-state index in [-0.39, 0.29) is 5.91 Å². The molecule has 1 aromatic heterocycles. The summed E-state index contributed by atoms with van der Waals surface area (Å²) in [5, 5.41) is 12.1. The molecular formula is C24H28N2O4. The number of carbonyl (C=O) groups is 1. The van der Waals surface area contributed by atoms with E-state index in [0.29, 0.717) is 38.1 Å². The van der Waals surface area contributed by atoms with Crippen LogP contribution in [0.1, 0.15) is 28.8 Å². The van der Waals surface area contributed by atoms with Gasteiger partial charge >= 0.3 is 0 Å². The molecule has 0 saturated carbocycles. The van der Waals surface area contributed by atoms with Crippen LogP contribution in [-0.2, 0) is 16.9 Å². The summed E-state index contributed by atoms with van der Waals surface area (Å²) in [6, 6.07) is 15.4. The largest absolute Gasteiger partial charge is 0.497 e. The van der Waals surface area contributed by atoms with Crippen LogP contribution in [0.2, 0.25) is 0 Å². The average molecular weight is 408 g/mol. The molecule has 158 valence electrons. The van der Waals surface area contributed by atoms with E-state index in [4.69, 9.17) is 9.47 Å². The van der Waals surface area contributed by atoms with Gasteiger partial charge in [-0.2, -0.15) is 0 Å². The zero-order valence-corrected chi connectivity index (χ0v) is 17.5. The highest BCUT2D eigenvalue weighted by Crippen LogP contribution is 2.34. The standard InChI is InChI=1S/C24H28N2O4/c1-29-16-15-25-12-9-18-17-19(3-8-22(18)25)23(27)26-13-10-24(28,11-14-26)20-4-6-21(30-2)7-5-20/h3-9,12,17,28H,10-11,13-16H2,1-2H3. The average Bonchev–Trinajstić information content (AvgIpc) is 3.20. The van der Waals surface area contributed by atoms with Gasteiger partial charge in [0.05, 0.1) is 19.3 Å². The molecule has 3 aromatic rings. The number of amides is 1. The van der Waals surface area contributed by atoms with Crippen LogP contribution in [0.3, 0.4) is 0 Å². The Kier molecular flexibility index (Phi) is 5.79. The maximum Gasteiger partial charge on any atom is 0.253 e. The van der Waals surface area contributed by atoms with Crippen LogP contribution in [0.4, 0.5) is 0 Å². The molecule has 0 unspecified atom stereocenters. The van der Waals surface area contributed by atoms with Crippen LogP contribution in [-0.4, -0.2) is 54.4 Å². The molecule has 0 spiro atoms. The molecule has 0 atom stereocenters. The monoisotopic (exact) mass is 408 g/mol. The van der Waals surface area contributed by atoms with E-state index in [1.54, 1.807) is 14.2 Å². The molecule has 2 aromatic carbocycles. The summed E-state index contributed by atoms with van der Waals surface area (Å²) in [5.74, 6) is 0.778. The first kappa shape index (κ1) is 20.4. The number of piperidine rings is 1. The zero-order chi connectivity index (χ0) is 21.1. The first-order chi connectivity index (χ1) is 14.5. The smallest absolute Gasteiger partial charge is 0.253 e. The van der Waals surface area contributed by atoms with E-state index in [1.165, 1.54) is 0 Å². The maximum absolute atomic E-state index is 13.1.